The molecular formula is C21H26O4. The summed E-state index contributed by atoms with van der Waals surface area (Å²) in [6.07, 6.45) is 2.02. The number of hydrogen-bond donors (Lipinski definition) is 0. The maximum absolute atomic E-state index is 5.94. The van der Waals surface area contributed by atoms with Crippen molar-refractivity contribution in [3.8, 4) is 28.4 Å². The van der Waals surface area contributed by atoms with E-state index in [4.69, 9.17) is 18.9 Å². The lowest BCUT2D eigenvalue weighted by molar-refractivity contribution is 0.133. The second-order valence-corrected chi connectivity index (χ2v) is 6.20. The summed E-state index contributed by atoms with van der Waals surface area (Å²) in [5.41, 5.74) is 5.55. The first-order chi connectivity index (χ1) is 12.2. The molecule has 0 radical (unpaired) electrons. The lowest BCUT2D eigenvalue weighted by Gasteiger charge is -2.24. The van der Waals surface area contributed by atoms with Gasteiger partial charge < -0.3 is 18.9 Å². The molecule has 0 spiro atoms. The van der Waals surface area contributed by atoms with Crippen LogP contribution in [0.25, 0.3) is 11.1 Å². The summed E-state index contributed by atoms with van der Waals surface area (Å²) in [6, 6.07) is 8.31. The van der Waals surface area contributed by atoms with Crippen molar-refractivity contribution in [3.63, 3.8) is 0 Å². The first kappa shape index (κ1) is 17.6. The quantitative estimate of drug-likeness (QED) is 0.772. The maximum atomic E-state index is 5.94. The van der Waals surface area contributed by atoms with E-state index in [-0.39, 0.29) is 0 Å². The molecule has 0 N–H and O–H groups in total. The predicted octanol–water partition coefficient (Wildman–Crippen LogP) is 4.54. The first-order valence-corrected chi connectivity index (χ1v) is 8.77. The standard InChI is InChI=1S/C21H26O4/c1-5-24-13-15-11-18(22-3)20(19(12-15)23-4)16-9-8-14(2)21-17(16)7-6-10-25-21/h8-9,11-12H,5-7,10,13H2,1-4H3. The van der Waals surface area contributed by atoms with Crippen LogP contribution in [0.15, 0.2) is 24.3 Å². The zero-order valence-electron chi connectivity index (χ0n) is 15.5. The Bertz CT molecular complexity index is 727. The number of rotatable bonds is 6. The summed E-state index contributed by atoms with van der Waals surface area (Å²) >= 11 is 0. The van der Waals surface area contributed by atoms with Crippen LogP contribution in [-0.2, 0) is 17.8 Å². The smallest absolute Gasteiger partial charge is 0.130 e. The van der Waals surface area contributed by atoms with Crippen molar-refractivity contribution >= 4 is 0 Å². The van der Waals surface area contributed by atoms with Gasteiger partial charge in [-0.3, -0.25) is 0 Å². The van der Waals surface area contributed by atoms with Gasteiger partial charge in [0.05, 0.1) is 33.0 Å². The van der Waals surface area contributed by atoms with Gasteiger partial charge in [0.25, 0.3) is 0 Å². The minimum atomic E-state index is 0.540. The average molecular weight is 342 g/mol. The number of fused-ring (bicyclic) bond motifs is 1. The number of benzene rings is 2. The van der Waals surface area contributed by atoms with Crippen LogP contribution in [0.5, 0.6) is 17.2 Å². The van der Waals surface area contributed by atoms with Crippen LogP contribution in [0.3, 0.4) is 0 Å². The second-order valence-electron chi connectivity index (χ2n) is 6.20. The van der Waals surface area contributed by atoms with Crippen molar-refractivity contribution in [2.24, 2.45) is 0 Å². The predicted molar refractivity (Wildman–Crippen MR) is 98.9 cm³/mol. The summed E-state index contributed by atoms with van der Waals surface area (Å²) in [7, 11) is 3.39. The minimum Gasteiger partial charge on any atom is -0.496 e. The van der Waals surface area contributed by atoms with Gasteiger partial charge in [-0.25, -0.2) is 0 Å². The van der Waals surface area contributed by atoms with Crippen LogP contribution in [0.1, 0.15) is 30.0 Å². The summed E-state index contributed by atoms with van der Waals surface area (Å²) in [5.74, 6) is 2.60. The lowest BCUT2D eigenvalue weighted by Crippen LogP contribution is -2.11. The Kier molecular flexibility index (Phi) is 5.49. The van der Waals surface area contributed by atoms with Crippen LogP contribution in [0, 0.1) is 6.92 Å². The van der Waals surface area contributed by atoms with Crippen molar-refractivity contribution in [2.75, 3.05) is 27.4 Å². The molecule has 1 aliphatic rings. The molecule has 0 bridgehead atoms. The number of aryl methyl sites for hydroxylation is 1. The molecule has 0 unspecified atom stereocenters. The molecule has 4 nitrogen and oxygen atoms in total. The van der Waals surface area contributed by atoms with Crippen LogP contribution in [0.4, 0.5) is 0 Å². The number of hydrogen-bond acceptors (Lipinski definition) is 4. The Morgan fingerprint density at radius 2 is 1.80 bits per heavy atom. The molecule has 0 aromatic heterocycles. The third kappa shape index (κ3) is 3.45. The Labute approximate surface area is 149 Å². The maximum Gasteiger partial charge on any atom is 0.130 e. The molecule has 2 aromatic carbocycles. The molecule has 0 fully saturated rings. The van der Waals surface area contributed by atoms with Crippen molar-refractivity contribution in [1.82, 2.24) is 0 Å². The monoisotopic (exact) mass is 342 g/mol. The normalized spacial score (nSPS) is 13.1. The number of methoxy groups -OCH3 is 2. The number of ether oxygens (including phenoxy) is 4. The van der Waals surface area contributed by atoms with E-state index in [1.54, 1.807) is 14.2 Å². The largest absolute Gasteiger partial charge is 0.496 e. The van der Waals surface area contributed by atoms with Crippen molar-refractivity contribution < 1.29 is 18.9 Å². The van der Waals surface area contributed by atoms with Gasteiger partial charge in [0.1, 0.15) is 17.2 Å². The third-order valence-electron chi connectivity index (χ3n) is 4.58. The lowest BCUT2D eigenvalue weighted by atomic mass is 9.91. The summed E-state index contributed by atoms with van der Waals surface area (Å²) in [4.78, 5) is 0. The van der Waals surface area contributed by atoms with E-state index in [1.165, 1.54) is 11.1 Å². The summed E-state index contributed by atoms with van der Waals surface area (Å²) in [6.45, 7) is 6.07. The highest BCUT2D eigenvalue weighted by Crippen LogP contribution is 2.45. The molecule has 0 atom stereocenters. The zero-order valence-corrected chi connectivity index (χ0v) is 15.5. The fourth-order valence-electron chi connectivity index (χ4n) is 3.39. The second kappa shape index (κ2) is 7.79. The van der Waals surface area contributed by atoms with Gasteiger partial charge in [0.2, 0.25) is 0 Å². The van der Waals surface area contributed by atoms with Crippen molar-refractivity contribution in [1.29, 1.82) is 0 Å². The highest BCUT2D eigenvalue weighted by Gasteiger charge is 2.23. The van der Waals surface area contributed by atoms with E-state index in [9.17, 15) is 0 Å². The van der Waals surface area contributed by atoms with Gasteiger partial charge in [-0.1, -0.05) is 12.1 Å². The van der Waals surface area contributed by atoms with Gasteiger partial charge in [0.15, 0.2) is 0 Å². The molecule has 25 heavy (non-hydrogen) atoms. The Morgan fingerprint density at radius 1 is 1.08 bits per heavy atom. The average Bonchev–Trinajstić information content (AvgIpc) is 2.66. The van der Waals surface area contributed by atoms with E-state index in [1.807, 2.05) is 19.1 Å². The molecule has 4 heteroatoms. The molecule has 3 rings (SSSR count). The zero-order chi connectivity index (χ0) is 17.8. The van der Waals surface area contributed by atoms with Gasteiger partial charge in [-0.15, -0.1) is 0 Å². The molecular weight excluding hydrogens is 316 g/mol. The van der Waals surface area contributed by atoms with Crippen molar-refractivity contribution in [3.05, 3.63) is 41.0 Å². The van der Waals surface area contributed by atoms with Crippen LogP contribution >= 0.6 is 0 Å². The van der Waals surface area contributed by atoms with E-state index in [0.717, 1.165) is 53.4 Å². The molecule has 134 valence electrons. The fraction of sp³-hybridized carbons (Fsp3) is 0.429. The van der Waals surface area contributed by atoms with Gasteiger partial charge in [-0.05, 0) is 55.5 Å². The molecule has 0 saturated carbocycles. The van der Waals surface area contributed by atoms with E-state index in [2.05, 4.69) is 19.1 Å². The highest BCUT2D eigenvalue weighted by atomic mass is 16.5. The van der Waals surface area contributed by atoms with E-state index in [0.29, 0.717) is 13.2 Å². The van der Waals surface area contributed by atoms with Gasteiger partial charge >= 0.3 is 0 Å². The highest BCUT2D eigenvalue weighted by molar-refractivity contribution is 5.82. The van der Waals surface area contributed by atoms with Crippen LogP contribution in [-0.4, -0.2) is 27.4 Å². The van der Waals surface area contributed by atoms with E-state index >= 15 is 0 Å². The van der Waals surface area contributed by atoms with Gasteiger partial charge in [0, 0.05) is 12.2 Å². The SMILES string of the molecule is CCOCc1cc(OC)c(-c2ccc(C)c3c2CCCO3)c(OC)c1. The van der Waals surface area contributed by atoms with Gasteiger partial charge in [-0.2, -0.15) is 0 Å². The molecule has 1 heterocycles. The molecule has 0 saturated heterocycles. The molecule has 1 aliphatic heterocycles. The Hall–Kier alpha value is -2.20. The third-order valence-corrected chi connectivity index (χ3v) is 4.58. The first-order valence-electron chi connectivity index (χ1n) is 8.77. The van der Waals surface area contributed by atoms with E-state index < -0.39 is 0 Å². The van der Waals surface area contributed by atoms with Crippen LogP contribution in [0.2, 0.25) is 0 Å². The Balaban J connectivity index is 2.16. The Morgan fingerprint density at radius 3 is 2.44 bits per heavy atom. The van der Waals surface area contributed by atoms with Crippen LogP contribution < -0.4 is 14.2 Å². The summed E-state index contributed by atoms with van der Waals surface area (Å²) < 4.78 is 22.9. The topological polar surface area (TPSA) is 36.9 Å². The molecule has 0 amide bonds. The molecule has 0 aliphatic carbocycles. The summed E-state index contributed by atoms with van der Waals surface area (Å²) in [5, 5.41) is 0. The van der Waals surface area contributed by atoms with Crippen molar-refractivity contribution in [2.45, 2.75) is 33.3 Å². The molecule has 2 aromatic rings. The fourth-order valence-corrected chi connectivity index (χ4v) is 3.39. The minimum absolute atomic E-state index is 0.540.